The molecule has 0 spiro atoms. The quantitative estimate of drug-likeness (QED) is 0.237. The molecule has 5 aromatic rings. The number of anilines is 6. The molecule has 150 valence electrons. The minimum atomic E-state index is 0.136. The molecular formula is C28H22N2Se. The SMILES string of the molecule is c1ccc(N(c2ccccc2)c2ccc(N(c3ccccc3)c3ccccc3)[se]2)cc1. The van der Waals surface area contributed by atoms with E-state index in [-0.39, 0.29) is 14.5 Å². The van der Waals surface area contributed by atoms with Crippen molar-refractivity contribution in [2.75, 3.05) is 9.80 Å². The van der Waals surface area contributed by atoms with Gasteiger partial charge in [-0.1, -0.05) is 0 Å². The zero-order valence-electron chi connectivity index (χ0n) is 17.0. The van der Waals surface area contributed by atoms with Crippen molar-refractivity contribution in [2.24, 2.45) is 0 Å². The van der Waals surface area contributed by atoms with Gasteiger partial charge in [-0.15, -0.1) is 0 Å². The average Bonchev–Trinajstić information content (AvgIpc) is 3.31. The van der Waals surface area contributed by atoms with Crippen LogP contribution in [-0.4, -0.2) is 14.5 Å². The van der Waals surface area contributed by atoms with Gasteiger partial charge in [0.25, 0.3) is 0 Å². The molecule has 0 radical (unpaired) electrons. The van der Waals surface area contributed by atoms with Crippen LogP contribution >= 0.6 is 0 Å². The molecule has 0 aliphatic carbocycles. The summed E-state index contributed by atoms with van der Waals surface area (Å²) in [6.07, 6.45) is 0. The Morgan fingerprint density at radius 2 is 0.581 bits per heavy atom. The van der Waals surface area contributed by atoms with Gasteiger partial charge in [-0.05, 0) is 0 Å². The van der Waals surface area contributed by atoms with E-state index in [9.17, 15) is 0 Å². The van der Waals surface area contributed by atoms with Crippen molar-refractivity contribution in [3.05, 3.63) is 133 Å². The first-order chi connectivity index (χ1) is 15.4. The van der Waals surface area contributed by atoms with Gasteiger partial charge in [-0.25, -0.2) is 0 Å². The van der Waals surface area contributed by atoms with Crippen molar-refractivity contribution >= 4 is 46.4 Å². The van der Waals surface area contributed by atoms with Crippen molar-refractivity contribution in [3.63, 3.8) is 0 Å². The van der Waals surface area contributed by atoms with Gasteiger partial charge >= 0.3 is 190 Å². The molecule has 0 bridgehead atoms. The summed E-state index contributed by atoms with van der Waals surface area (Å²) >= 11 is 0.136. The van der Waals surface area contributed by atoms with Crippen LogP contribution < -0.4 is 9.80 Å². The van der Waals surface area contributed by atoms with Crippen LogP contribution in [0, 0.1) is 0 Å². The van der Waals surface area contributed by atoms with Crippen LogP contribution in [0.15, 0.2) is 133 Å². The standard InChI is InChI=1S/C28H22N2Se/c1-5-13-23(14-6-1)29(24-15-7-2-8-16-24)27-21-22-28(31-27)30(25-17-9-3-10-18-25)26-19-11-4-12-20-26/h1-22H. The number of benzene rings is 4. The van der Waals surface area contributed by atoms with Crippen molar-refractivity contribution < 1.29 is 0 Å². The number of hydrogen-bond donors (Lipinski definition) is 0. The summed E-state index contributed by atoms with van der Waals surface area (Å²) < 4.78 is 2.63. The van der Waals surface area contributed by atoms with E-state index < -0.39 is 0 Å². The van der Waals surface area contributed by atoms with Crippen LogP contribution in [0.1, 0.15) is 0 Å². The molecule has 3 heteroatoms. The number of nitrogens with zero attached hydrogens (tertiary/aromatic N) is 2. The molecule has 5 rings (SSSR count). The van der Waals surface area contributed by atoms with Gasteiger partial charge in [-0.2, -0.15) is 0 Å². The molecule has 2 nitrogen and oxygen atoms in total. The van der Waals surface area contributed by atoms with Gasteiger partial charge in [-0.3, -0.25) is 0 Å². The number of para-hydroxylation sites is 4. The summed E-state index contributed by atoms with van der Waals surface area (Å²) in [6, 6.07) is 47.0. The molecule has 0 fully saturated rings. The van der Waals surface area contributed by atoms with Crippen molar-refractivity contribution in [1.29, 1.82) is 0 Å². The maximum absolute atomic E-state index is 2.37. The molecule has 4 aromatic carbocycles. The van der Waals surface area contributed by atoms with E-state index >= 15 is 0 Å². The second-order valence-electron chi connectivity index (χ2n) is 7.12. The molecule has 0 N–H and O–H groups in total. The second kappa shape index (κ2) is 9.09. The van der Waals surface area contributed by atoms with E-state index in [0.29, 0.717) is 0 Å². The summed E-state index contributed by atoms with van der Waals surface area (Å²) in [5, 5.41) is 0. The molecule has 0 atom stereocenters. The number of hydrogen-bond acceptors (Lipinski definition) is 2. The first kappa shape index (κ1) is 19.4. The van der Waals surface area contributed by atoms with E-state index in [2.05, 4.69) is 143 Å². The van der Waals surface area contributed by atoms with Crippen LogP contribution in [-0.2, 0) is 0 Å². The Labute approximate surface area is 189 Å². The van der Waals surface area contributed by atoms with E-state index in [4.69, 9.17) is 0 Å². The predicted octanol–water partition coefficient (Wildman–Crippen LogP) is 7.68. The van der Waals surface area contributed by atoms with E-state index in [1.54, 1.807) is 0 Å². The van der Waals surface area contributed by atoms with Crippen LogP contribution in [0.5, 0.6) is 0 Å². The summed E-state index contributed by atoms with van der Waals surface area (Å²) in [6.45, 7) is 0. The van der Waals surface area contributed by atoms with E-state index in [1.165, 1.54) is 31.9 Å². The molecular weight excluding hydrogens is 443 g/mol. The van der Waals surface area contributed by atoms with Gasteiger partial charge in [0.05, 0.1) is 0 Å². The van der Waals surface area contributed by atoms with Crippen molar-refractivity contribution in [2.45, 2.75) is 0 Å². The van der Waals surface area contributed by atoms with E-state index in [0.717, 1.165) is 0 Å². The second-order valence-corrected chi connectivity index (χ2v) is 9.31. The Bertz CT molecular complexity index is 1040. The Morgan fingerprint density at radius 3 is 0.839 bits per heavy atom. The summed E-state index contributed by atoms with van der Waals surface area (Å²) in [5.41, 5.74) is 4.73. The van der Waals surface area contributed by atoms with E-state index in [1.807, 2.05) is 0 Å². The van der Waals surface area contributed by atoms with Crippen LogP contribution in [0.4, 0.5) is 31.9 Å². The molecule has 0 aliphatic rings. The molecule has 0 aliphatic heterocycles. The Morgan fingerprint density at radius 1 is 0.323 bits per heavy atom. The van der Waals surface area contributed by atoms with Crippen molar-refractivity contribution in [1.82, 2.24) is 0 Å². The fourth-order valence-corrected chi connectivity index (χ4v) is 5.96. The molecule has 0 amide bonds. The van der Waals surface area contributed by atoms with Gasteiger partial charge < -0.3 is 0 Å². The van der Waals surface area contributed by atoms with Gasteiger partial charge in [0.15, 0.2) is 0 Å². The monoisotopic (exact) mass is 466 g/mol. The molecule has 1 aromatic heterocycles. The summed E-state index contributed by atoms with van der Waals surface area (Å²) in [7, 11) is 0. The average molecular weight is 465 g/mol. The Hall–Kier alpha value is -3.52. The molecule has 0 saturated carbocycles. The molecule has 0 unspecified atom stereocenters. The third kappa shape index (κ3) is 4.20. The molecule has 0 saturated heterocycles. The fraction of sp³-hybridized carbons (Fsp3) is 0. The third-order valence-electron chi connectivity index (χ3n) is 5.08. The van der Waals surface area contributed by atoms with Crippen LogP contribution in [0.2, 0.25) is 0 Å². The predicted molar refractivity (Wildman–Crippen MR) is 133 cm³/mol. The summed E-state index contributed by atoms with van der Waals surface area (Å²) in [4.78, 5) is 4.75. The van der Waals surface area contributed by atoms with Gasteiger partial charge in [0.2, 0.25) is 0 Å². The molecule has 31 heavy (non-hydrogen) atoms. The normalized spacial score (nSPS) is 10.6. The van der Waals surface area contributed by atoms with Crippen molar-refractivity contribution in [3.8, 4) is 0 Å². The molecule has 1 heterocycles. The topological polar surface area (TPSA) is 6.48 Å². The van der Waals surface area contributed by atoms with Crippen LogP contribution in [0.3, 0.4) is 0 Å². The first-order valence-electron chi connectivity index (χ1n) is 10.3. The first-order valence-corrected chi connectivity index (χ1v) is 12.0. The minimum absolute atomic E-state index is 0.136. The third-order valence-corrected chi connectivity index (χ3v) is 7.29. The Kier molecular flexibility index (Phi) is 5.70. The van der Waals surface area contributed by atoms with Crippen LogP contribution in [0.25, 0.3) is 0 Å². The number of rotatable bonds is 6. The Balaban J connectivity index is 1.61. The zero-order chi connectivity index (χ0) is 20.9. The zero-order valence-corrected chi connectivity index (χ0v) is 18.7. The maximum atomic E-state index is 2.37. The fourth-order valence-electron chi connectivity index (χ4n) is 3.67. The summed E-state index contributed by atoms with van der Waals surface area (Å²) in [5.74, 6) is 0. The van der Waals surface area contributed by atoms with Gasteiger partial charge in [0.1, 0.15) is 0 Å². The van der Waals surface area contributed by atoms with Gasteiger partial charge in [0, 0.05) is 0 Å².